The third-order valence-corrected chi connectivity index (χ3v) is 3.88. The molecule has 1 aliphatic rings. The molecule has 0 aromatic carbocycles. The van der Waals surface area contributed by atoms with E-state index in [1.165, 1.54) is 25.7 Å². The van der Waals surface area contributed by atoms with E-state index in [1.54, 1.807) is 7.11 Å². The molecule has 20 heavy (non-hydrogen) atoms. The van der Waals surface area contributed by atoms with E-state index in [0.29, 0.717) is 13.2 Å². The van der Waals surface area contributed by atoms with E-state index in [2.05, 4.69) is 19.2 Å². The van der Waals surface area contributed by atoms with Gasteiger partial charge in [-0.25, -0.2) is 0 Å². The number of piperidine rings is 1. The first-order chi connectivity index (χ1) is 9.13. The van der Waals surface area contributed by atoms with Crippen LogP contribution in [0.25, 0.3) is 0 Å². The molecular weight excluding hydrogens is 276 g/mol. The summed E-state index contributed by atoms with van der Waals surface area (Å²) in [7, 11) is 1.67. The number of rotatable bonds is 8. The van der Waals surface area contributed by atoms with Crippen LogP contribution in [0.15, 0.2) is 0 Å². The van der Waals surface area contributed by atoms with Crippen molar-refractivity contribution in [2.75, 3.05) is 39.9 Å². The van der Waals surface area contributed by atoms with Gasteiger partial charge in [0.25, 0.3) is 0 Å². The highest BCUT2D eigenvalue weighted by molar-refractivity contribution is 5.85. The van der Waals surface area contributed by atoms with E-state index >= 15 is 0 Å². The molecule has 0 aromatic heterocycles. The zero-order chi connectivity index (χ0) is 14.1. The molecule has 1 rings (SSSR count). The molecule has 1 aliphatic heterocycles. The third-order valence-electron chi connectivity index (χ3n) is 3.88. The van der Waals surface area contributed by atoms with Crippen LogP contribution in [0.1, 0.15) is 39.5 Å². The molecule has 1 fully saturated rings. The predicted molar refractivity (Wildman–Crippen MR) is 85.4 cm³/mol. The number of methoxy groups -OCH3 is 1. The topological polar surface area (TPSA) is 41.6 Å². The summed E-state index contributed by atoms with van der Waals surface area (Å²) < 4.78 is 4.94. The van der Waals surface area contributed by atoms with Crippen LogP contribution in [-0.2, 0) is 9.53 Å². The first-order valence-electron chi connectivity index (χ1n) is 7.61. The quantitative estimate of drug-likeness (QED) is 0.700. The lowest BCUT2D eigenvalue weighted by Gasteiger charge is -2.32. The van der Waals surface area contributed by atoms with E-state index < -0.39 is 0 Å². The summed E-state index contributed by atoms with van der Waals surface area (Å²) in [4.78, 5) is 14.0. The Morgan fingerprint density at radius 2 is 2.00 bits per heavy atom. The summed E-state index contributed by atoms with van der Waals surface area (Å²) in [6, 6.07) is 0. The summed E-state index contributed by atoms with van der Waals surface area (Å²) >= 11 is 0. The van der Waals surface area contributed by atoms with E-state index in [0.717, 1.165) is 31.5 Å². The predicted octanol–water partition coefficient (Wildman–Crippen LogP) is 2.32. The van der Waals surface area contributed by atoms with Crippen LogP contribution in [0.4, 0.5) is 0 Å². The van der Waals surface area contributed by atoms with Gasteiger partial charge < -0.3 is 15.0 Å². The number of carbonyl (C=O) groups is 1. The molecule has 0 atom stereocenters. The van der Waals surface area contributed by atoms with Gasteiger partial charge in [0, 0.05) is 26.7 Å². The van der Waals surface area contributed by atoms with Crippen LogP contribution < -0.4 is 5.32 Å². The highest BCUT2D eigenvalue weighted by Gasteiger charge is 2.22. The number of carbonyl (C=O) groups excluding carboxylic acids is 1. The SMILES string of the molecule is COCCNCC(=O)N1CCC(CCC(C)C)CC1.Cl. The number of halogens is 1. The number of hydrogen-bond donors (Lipinski definition) is 1. The average molecular weight is 307 g/mol. The van der Waals surface area contributed by atoms with Crippen LogP contribution in [-0.4, -0.2) is 50.7 Å². The molecule has 1 saturated heterocycles. The minimum atomic E-state index is 0. The maximum absolute atomic E-state index is 12.0. The lowest BCUT2D eigenvalue weighted by atomic mass is 9.89. The van der Waals surface area contributed by atoms with Crippen LogP contribution in [0.2, 0.25) is 0 Å². The Bertz CT molecular complexity index is 254. The van der Waals surface area contributed by atoms with Gasteiger partial charge >= 0.3 is 0 Å². The Hall–Kier alpha value is -0.320. The maximum Gasteiger partial charge on any atom is 0.236 e. The van der Waals surface area contributed by atoms with E-state index in [4.69, 9.17) is 4.74 Å². The van der Waals surface area contributed by atoms with Gasteiger partial charge in [-0.2, -0.15) is 0 Å². The normalized spacial score (nSPS) is 16.3. The van der Waals surface area contributed by atoms with Crippen molar-refractivity contribution in [1.82, 2.24) is 10.2 Å². The molecule has 0 radical (unpaired) electrons. The molecule has 1 N–H and O–H groups in total. The maximum atomic E-state index is 12.0. The standard InChI is InChI=1S/C15H30N2O2.ClH/c1-13(2)4-5-14-6-9-17(10-7-14)15(18)12-16-8-11-19-3;/h13-14,16H,4-12H2,1-3H3;1H. The zero-order valence-corrected chi connectivity index (χ0v) is 14.0. The second-order valence-electron chi connectivity index (χ2n) is 5.96. The Balaban J connectivity index is 0.00000361. The van der Waals surface area contributed by atoms with Crippen molar-refractivity contribution in [3.05, 3.63) is 0 Å². The van der Waals surface area contributed by atoms with Gasteiger partial charge in [0.1, 0.15) is 0 Å². The number of hydrogen-bond acceptors (Lipinski definition) is 3. The first-order valence-corrected chi connectivity index (χ1v) is 7.61. The Morgan fingerprint density at radius 1 is 1.35 bits per heavy atom. The second kappa shape index (κ2) is 11.4. The highest BCUT2D eigenvalue weighted by atomic mass is 35.5. The monoisotopic (exact) mass is 306 g/mol. The van der Waals surface area contributed by atoms with Gasteiger partial charge in [-0.05, 0) is 24.7 Å². The van der Waals surface area contributed by atoms with Crippen LogP contribution in [0, 0.1) is 11.8 Å². The van der Waals surface area contributed by atoms with Crippen molar-refractivity contribution in [3.63, 3.8) is 0 Å². The van der Waals surface area contributed by atoms with Gasteiger partial charge in [0.2, 0.25) is 5.91 Å². The Labute approximate surface area is 130 Å². The van der Waals surface area contributed by atoms with Crippen molar-refractivity contribution >= 4 is 18.3 Å². The lowest BCUT2D eigenvalue weighted by molar-refractivity contribution is -0.131. The molecule has 0 unspecified atom stereocenters. The molecule has 0 aromatic rings. The van der Waals surface area contributed by atoms with Crippen LogP contribution >= 0.6 is 12.4 Å². The Morgan fingerprint density at radius 3 is 2.55 bits per heavy atom. The summed E-state index contributed by atoms with van der Waals surface area (Å²) in [6.07, 6.45) is 5.00. The fourth-order valence-electron chi connectivity index (χ4n) is 2.52. The number of amides is 1. The smallest absolute Gasteiger partial charge is 0.236 e. The van der Waals surface area contributed by atoms with Crippen molar-refractivity contribution in [3.8, 4) is 0 Å². The first kappa shape index (κ1) is 19.7. The Kier molecular flexibility index (Phi) is 11.2. The molecule has 1 heterocycles. The van der Waals surface area contributed by atoms with Crippen molar-refractivity contribution < 1.29 is 9.53 Å². The summed E-state index contributed by atoms with van der Waals surface area (Å²) in [5.41, 5.74) is 0. The van der Waals surface area contributed by atoms with Crippen LogP contribution in [0.5, 0.6) is 0 Å². The van der Waals surface area contributed by atoms with E-state index in [-0.39, 0.29) is 18.3 Å². The molecule has 4 nitrogen and oxygen atoms in total. The number of nitrogens with one attached hydrogen (secondary N) is 1. The molecular formula is C15H31ClN2O2. The highest BCUT2D eigenvalue weighted by Crippen LogP contribution is 2.23. The number of ether oxygens (including phenoxy) is 1. The summed E-state index contributed by atoms with van der Waals surface area (Å²) in [6.45, 7) is 8.29. The van der Waals surface area contributed by atoms with Crippen molar-refractivity contribution in [2.45, 2.75) is 39.5 Å². The zero-order valence-electron chi connectivity index (χ0n) is 13.2. The van der Waals surface area contributed by atoms with Gasteiger partial charge in [-0.15, -0.1) is 12.4 Å². The van der Waals surface area contributed by atoms with Gasteiger partial charge in [0.15, 0.2) is 0 Å². The number of nitrogens with zero attached hydrogens (tertiary/aromatic N) is 1. The molecule has 120 valence electrons. The van der Waals surface area contributed by atoms with E-state index in [9.17, 15) is 4.79 Å². The molecule has 0 saturated carbocycles. The van der Waals surface area contributed by atoms with Gasteiger partial charge in [0.05, 0.1) is 13.2 Å². The molecule has 5 heteroatoms. The van der Waals surface area contributed by atoms with Crippen molar-refractivity contribution in [2.24, 2.45) is 11.8 Å². The van der Waals surface area contributed by atoms with Crippen molar-refractivity contribution in [1.29, 1.82) is 0 Å². The average Bonchev–Trinajstić information content (AvgIpc) is 2.41. The number of likely N-dealkylation sites (tertiary alicyclic amines) is 1. The molecule has 1 amide bonds. The molecule has 0 aliphatic carbocycles. The molecule has 0 spiro atoms. The minimum Gasteiger partial charge on any atom is -0.383 e. The van der Waals surface area contributed by atoms with E-state index in [1.807, 2.05) is 4.90 Å². The lowest BCUT2D eigenvalue weighted by Crippen LogP contribution is -2.43. The molecule has 0 bridgehead atoms. The largest absolute Gasteiger partial charge is 0.383 e. The summed E-state index contributed by atoms with van der Waals surface area (Å²) in [5, 5.41) is 3.12. The second-order valence-corrected chi connectivity index (χ2v) is 5.96. The van der Waals surface area contributed by atoms with Gasteiger partial charge in [-0.1, -0.05) is 26.7 Å². The van der Waals surface area contributed by atoms with Crippen LogP contribution in [0.3, 0.4) is 0 Å². The fourth-order valence-corrected chi connectivity index (χ4v) is 2.52. The third kappa shape index (κ3) is 8.08. The fraction of sp³-hybridized carbons (Fsp3) is 0.933. The van der Waals surface area contributed by atoms with Gasteiger partial charge in [-0.3, -0.25) is 4.79 Å². The summed E-state index contributed by atoms with van der Waals surface area (Å²) in [5.74, 6) is 1.86. The minimum absolute atomic E-state index is 0.